The highest BCUT2D eigenvalue weighted by molar-refractivity contribution is 5.85. The van der Waals surface area contributed by atoms with Crippen molar-refractivity contribution in [3.8, 4) is 11.1 Å². The van der Waals surface area contributed by atoms with Crippen LogP contribution in [0.1, 0.15) is 51.2 Å². The van der Waals surface area contributed by atoms with E-state index in [1.165, 1.54) is 0 Å². The second-order valence-electron chi connectivity index (χ2n) is 10.4. The normalized spacial score (nSPS) is 22.7. The molecule has 0 aromatic heterocycles. The molecule has 0 bridgehead atoms. The van der Waals surface area contributed by atoms with Gasteiger partial charge in [-0.2, -0.15) is 0 Å². The molecule has 0 saturated carbocycles. The molecule has 0 radical (unpaired) electrons. The Morgan fingerprint density at radius 1 is 1.11 bits per heavy atom. The average molecular weight is 479 g/mol. The van der Waals surface area contributed by atoms with Crippen molar-refractivity contribution in [2.24, 2.45) is 16.7 Å². The summed E-state index contributed by atoms with van der Waals surface area (Å²) in [4.78, 5) is 39.4. The summed E-state index contributed by atoms with van der Waals surface area (Å²) in [6, 6.07) is 16.3. The topological polar surface area (TPSA) is 95.9 Å². The molecule has 0 spiro atoms. The van der Waals surface area contributed by atoms with E-state index in [0.29, 0.717) is 13.0 Å². The summed E-state index contributed by atoms with van der Waals surface area (Å²) in [6.07, 6.45) is -0.0612. The van der Waals surface area contributed by atoms with E-state index in [-0.39, 0.29) is 37.4 Å². The number of ether oxygens (including phenoxy) is 1. The zero-order valence-corrected chi connectivity index (χ0v) is 20.8. The SMILES string of the molecule is CCC(C)(CNC(=O)OCC1c2ccccc2-c2ccccc21)C(=O)N1C[C@H](C)[C@@](C)(C(=O)O)C1. The van der Waals surface area contributed by atoms with Crippen LogP contribution in [0.5, 0.6) is 0 Å². The molecule has 186 valence electrons. The molecule has 1 unspecified atom stereocenters. The molecule has 7 nitrogen and oxygen atoms in total. The van der Waals surface area contributed by atoms with Gasteiger partial charge >= 0.3 is 12.1 Å². The van der Waals surface area contributed by atoms with E-state index in [4.69, 9.17) is 4.74 Å². The van der Waals surface area contributed by atoms with Gasteiger partial charge < -0.3 is 20.1 Å². The molecule has 1 fully saturated rings. The fraction of sp³-hybridized carbons (Fsp3) is 0.464. The lowest BCUT2D eigenvalue weighted by molar-refractivity contribution is -0.149. The highest BCUT2D eigenvalue weighted by atomic mass is 16.5. The van der Waals surface area contributed by atoms with Crippen LogP contribution in [0.3, 0.4) is 0 Å². The molecule has 1 aliphatic heterocycles. The van der Waals surface area contributed by atoms with Gasteiger partial charge in [-0.15, -0.1) is 0 Å². The molecule has 35 heavy (non-hydrogen) atoms. The smallest absolute Gasteiger partial charge is 0.407 e. The third kappa shape index (κ3) is 4.40. The number of likely N-dealkylation sites (tertiary alicyclic amines) is 1. The molecule has 2 aromatic carbocycles. The van der Waals surface area contributed by atoms with Gasteiger partial charge in [-0.05, 0) is 48.4 Å². The Kier molecular flexibility index (Phi) is 6.62. The minimum atomic E-state index is -0.968. The van der Waals surface area contributed by atoms with E-state index in [0.717, 1.165) is 22.3 Å². The van der Waals surface area contributed by atoms with E-state index >= 15 is 0 Å². The number of nitrogens with one attached hydrogen (secondary N) is 1. The van der Waals surface area contributed by atoms with Crippen LogP contribution in [0, 0.1) is 16.7 Å². The van der Waals surface area contributed by atoms with Gasteiger partial charge in [-0.1, -0.05) is 62.4 Å². The van der Waals surface area contributed by atoms with Gasteiger partial charge in [0.05, 0.1) is 10.8 Å². The number of carboxylic acids is 1. The number of rotatable bonds is 7. The van der Waals surface area contributed by atoms with Gasteiger partial charge in [0.15, 0.2) is 0 Å². The highest BCUT2D eigenvalue weighted by Crippen LogP contribution is 2.44. The standard InChI is InChI=1S/C28H34N2O5/c1-5-27(3,24(31)30-14-18(2)28(4,17-30)25(32)33)16-29-26(34)35-15-23-21-12-8-6-10-19(21)20-11-7-9-13-22(20)23/h6-13,18,23H,5,14-17H2,1-4H3,(H,29,34)(H,32,33)/t18-,27?,28-/m0/s1. The third-order valence-corrected chi connectivity index (χ3v) is 8.14. The van der Waals surface area contributed by atoms with Gasteiger partial charge in [-0.3, -0.25) is 9.59 Å². The summed E-state index contributed by atoms with van der Waals surface area (Å²) in [5, 5.41) is 12.4. The maximum absolute atomic E-state index is 13.3. The van der Waals surface area contributed by atoms with Crippen LogP contribution in [0.15, 0.2) is 48.5 Å². The molecular formula is C28H34N2O5. The Balaban J connectivity index is 1.37. The molecule has 4 rings (SSSR count). The Bertz CT molecular complexity index is 1100. The minimum Gasteiger partial charge on any atom is -0.481 e. The Labute approximate surface area is 206 Å². The first-order valence-corrected chi connectivity index (χ1v) is 12.2. The number of aliphatic carboxylic acids is 1. The molecule has 2 N–H and O–H groups in total. The summed E-state index contributed by atoms with van der Waals surface area (Å²) in [5.74, 6) is -1.22. The highest BCUT2D eigenvalue weighted by Gasteiger charge is 2.50. The van der Waals surface area contributed by atoms with Crippen molar-refractivity contribution in [1.82, 2.24) is 10.2 Å². The van der Waals surface area contributed by atoms with E-state index in [9.17, 15) is 19.5 Å². The third-order valence-electron chi connectivity index (χ3n) is 8.14. The van der Waals surface area contributed by atoms with Crippen molar-refractivity contribution in [2.45, 2.75) is 40.0 Å². The number of alkyl carbamates (subject to hydrolysis) is 1. The second kappa shape index (κ2) is 9.36. The molecule has 1 saturated heterocycles. The van der Waals surface area contributed by atoms with Gasteiger partial charge in [-0.25, -0.2) is 4.79 Å². The number of carbonyl (C=O) groups is 3. The van der Waals surface area contributed by atoms with Crippen molar-refractivity contribution in [2.75, 3.05) is 26.2 Å². The van der Waals surface area contributed by atoms with Crippen LogP contribution in [0.4, 0.5) is 4.79 Å². The van der Waals surface area contributed by atoms with E-state index in [1.54, 1.807) is 18.7 Å². The minimum absolute atomic E-state index is 0.0351. The molecule has 7 heteroatoms. The van der Waals surface area contributed by atoms with Crippen LogP contribution in [-0.4, -0.2) is 54.2 Å². The first-order chi connectivity index (χ1) is 16.6. The Hall–Kier alpha value is -3.35. The lowest BCUT2D eigenvalue weighted by Gasteiger charge is -2.32. The molecule has 1 aliphatic carbocycles. The van der Waals surface area contributed by atoms with Crippen molar-refractivity contribution in [3.63, 3.8) is 0 Å². The molecular weight excluding hydrogens is 444 g/mol. The molecule has 2 amide bonds. The number of carboxylic acid groups (broad SMARTS) is 1. The fourth-order valence-electron chi connectivity index (χ4n) is 5.23. The number of hydrogen-bond acceptors (Lipinski definition) is 4. The first-order valence-electron chi connectivity index (χ1n) is 12.2. The van der Waals surface area contributed by atoms with E-state index < -0.39 is 22.9 Å². The number of nitrogens with zero attached hydrogens (tertiary/aromatic N) is 1. The van der Waals surface area contributed by atoms with Crippen LogP contribution in [0.25, 0.3) is 11.1 Å². The van der Waals surface area contributed by atoms with Crippen LogP contribution < -0.4 is 5.32 Å². The molecule has 2 aromatic rings. The van der Waals surface area contributed by atoms with Crippen molar-refractivity contribution in [1.29, 1.82) is 0 Å². The van der Waals surface area contributed by atoms with Gasteiger partial charge in [0.1, 0.15) is 6.61 Å². The van der Waals surface area contributed by atoms with Gasteiger partial charge in [0, 0.05) is 25.6 Å². The molecule has 1 heterocycles. The summed E-state index contributed by atoms with van der Waals surface area (Å²) in [7, 11) is 0. The number of hydrogen-bond donors (Lipinski definition) is 2. The van der Waals surface area contributed by atoms with Crippen molar-refractivity contribution in [3.05, 3.63) is 59.7 Å². The maximum Gasteiger partial charge on any atom is 0.407 e. The number of amides is 2. The van der Waals surface area contributed by atoms with Gasteiger partial charge in [0.25, 0.3) is 0 Å². The monoisotopic (exact) mass is 478 g/mol. The Morgan fingerprint density at radius 3 is 2.20 bits per heavy atom. The summed E-state index contributed by atoms with van der Waals surface area (Å²) < 4.78 is 5.61. The largest absolute Gasteiger partial charge is 0.481 e. The predicted octanol–water partition coefficient (Wildman–Crippen LogP) is 4.51. The van der Waals surface area contributed by atoms with Crippen molar-refractivity contribution < 1.29 is 24.2 Å². The zero-order valence-electron chi connectivity index (χ0n) is 20.8. The molecule has 3 atom stereocenters. The average Bonchev–Trinajstić information content (AvgIpc) is 3.35. The summed E-state index contributed by atoms with van der Waals surface area (Å²) in [5.41, 5.74) is 2.78. The number of carbonyl (C=O) groups excluding carboxylic acids is 2. The summed E-state index contributed by atoms with van der Waals surface area (Å²) >= 11 is 0. The fourth-order valence-corrected chi connectivity index (χ4v) is 5.23. The summed E-state index contributed by atoms with van der Waals surface area (Å²) in [6.45, 7) is 8.13. The van der Waals surface area contributed by atoms with Crippen LogP contribution in [-0.2, 0) is 14.3 Å². The van der Waals surface area contributed by atoms with E-state index in [2.05, 4.69) is 29.6 Å². The molecule has 2 aliphatic rings. The zero-order chi connectivity index (χ0) is 25.4. The van der Waals surface area contributed by atoms with Crippen LogP contribution >= 0.6 is 0 Å². The number of fused-ring (bicyclic) bond motifs is 3. The maximum atomic E-state index is 13.3. The predicted molar refractivity (Wildman–Crippen MR) is 133 cm³/mol. The lowest BCUT2D eigenvalue weighted by Crippen LogP contribution is -2.48. The lowest BCUT2D eigenvalue weighted by atomic mass is 9.81. The quantitative estimate of drug-likeness (QED) is 0.610. The Morgan fingerprint density at radius 2 is 1.69 bits per heavy atom. The number of benzene rings is 2. The van der Waals surface area contributed by atoms with Gasteiger partial charge in [0.2, 0.25) is 5.91 Å². The van der Waals surface area contributed by atoms with E-state index in [1.807, 2.05) is 38.1 Å². The van der Waals surface area contributed by atoms with Crippen molar-refractivity contribution >= 4 is 18.0 Å². The first kappa shape index (κ1) is 24.8. The van der Waals surface area contributed by atoms with Crippen LogP contribution in [0.2, 0.25) is 0 Å². The second-order valence-corrected chi connectivity index (χ2v) is 10.4.